The Labute approximate surface area is 190 Å². The molecule has 10 heteroatoms. The maximum absolute atomic E-state index is 12.4. The molecule has 0 aliphatic rings. The normalized spacial score (nSPS) is 11.8. The number of hydrogen-bond donors (Lipinski definition) is 3. The average Bonchev–Trinajstić information content (AvgIpc) is 2.70. The van der Waals surface area contributed by atoms with Gasteiger partial charge in [0.05, 0.1) is 35.6 Å². The number of methoxy groups -OCH3 is 1. The van der Waals surface area contributed by atoms with Crippen LogP contribution < -0.4 is 21.3 Å². The monoisotopic (exact) mass is 464 g/mol. The molecule has 0 aliphatic heterocycles. The van der Waals surface area contributed by atoms with E-state index in [1.807, 2.05) is 0 Å². The van der Waals surface area contributed by atoms with Crippen molar-refractivity contribution in [3.8, 4) is 5.75 Å². The van der Waals surface area contributed by atoms with Crippen LogP contribution in [0.3, 0.4) is 0 Å². The highest BCUT2D eigenvalue weighted by Gasteiger charge is 2.11. The summed E-state index contributed by atoms with van der Waals surface area (Å²) in [5.74, 6) is -0.143. The molecule has 2 aromatic rings. The summed E-state index contributed by atoms with van der Waals surface area (Å²) in [6.45, 7) is 1.35. The van der Waals surface area contributed by atoms with Crippen molar-refractivity contribution in [3.63, 3.8) is 0 Å². The first kappa shape index (κ1) is 24.2. The molecule has 0 bridgehead atoms. The summed E-state index contributed by atoms with van der Waals surface area (Å²) in [5, 5.41) is 3.06. The van der Waals surface area contributed by atoms with E-state index in [4.69, 9.17) is 38.5 Å². The molecule has 2 rings (SSSR count). The second-order valence-electron chi connectivity index (χ2n) is 6.33. The smallest absolute Gasteiger partial charge is 0.273 e. The predicted molar refractivity (Wildman–Crippen MR) is 122 cm³/mol. The van der Waals surface area contributed by atoms with Crippen LogP contribution in [-0.2, 0) is 20.8 Å². The fourth-order valence-electron chi connectivity index (χ4n) is 2.62. The number of carbonyl (C=O) groups is 2. The molecule has 2 aromatic carbocycles. The van der Waals surface area contributed by atoms with Crippen molar-refractivity contribution in [2.45, 2.75) is 13.3 Å². The Morgan fingerprint density at radius 3 is 2.26 bits per heavy atom. The third kappa shape index (κ3) is 7.29. The number of nitrogens with one attached hydrogen (secondary N) is 2. The van der Waals surface area contributed by atoms with E-state index in [0.717, 1.165) is 0 Å². The van der Waals surface area contributed by atoms with E-state index in [1.165, 1.54) is 20.1 Å². The highest BCUT2D eigenvalue weighted by molar-refractivity contribution is 6.39. The van der Waals surface area contributed by atoms with Gasteiger partial charge in [0, 0.05) is 25.0 Å². The Bertz CT molecular complexity index is 998. The van der Waals surface area contributed by atoms with Crippen LogP contribution in [0.1, 0.15) is 18.1 Å². The lowest BCUT2D eigenvalue weighted by atomic mass is 10.1. The zero-order valence-corrected chi connectivity index (χ0v) is 18.7. The summed E-state index contributed by atoms with van der Waals surface area (Å²) in [6, 6.07) is 10.2. The summed E-state index contributed by atoms with van der Waals surface area (Å²) < 4.78 is 5.13. The number of amides is 2. The maximum Gasteiger partial charge on any atom is 0.273 e. The number of rotatable bonds is 8. The first-order valence-electron chi connectivity index (χ1n) is 9.01. The minimum Gasteiger partial charge on any atom is -0.497 e. The molecule has 0 unspecified atom stereocenters. The molecule has 8 nitrogen and oxygen atoms in total. The number of ether oxygens (including phenoxy) is 1. The minimum absolute atomic E-state index is 0.0622. The van der Waals surface area contributed by atoms with Gasteiger partial charge in [-0.05, 0) is 42.0 Å². The van der Waals surface area contributed by atoms with Gasteiger partial charge in [0.1, 0.15) is 11.6 Å². The largest absolute Gasteiger partial charge is 0.497 e. The molecule has 0 aromatic heterocycles. The van der Waals surface area contributed by atoms with Crippen LogP contribution in [0.25, 0.3) is 5.70 Å². The van der Waals surface area contributed by atoms with Gasteiger partial charge >= 0.3 is 0 Å². The van der Waals surface area contributed by atoms with Crippen LogP contribution in [-0.4, -0.2) is 31.9 Å². The van der Waals surface area contributed by atoms with Crippen LogP contribution in [0.4, 0.5) is 5.69 Å². The van der Waals surface area contributed by atoms with Gasteiger partial charge in [-0.1, -0.05) is 23.2 Å². The van der Waals surface area contributed by atoms with Crippen LogP contribution in [0.2, 0.25) is 10.0 Å². The lowest BCUT2D eigenvalue weighted by molar-refractivity contribution is -0.114. The topological polar surface area (TPSA) is 115 Å². The second-order valence-corrected chi connectivity index (χ2v) is 7.14. The average molecular weight is 465 g/mol. The molecule has 0 saturated heterocycles. The first-order valence-corrected chi connectivity index (χ1v) is 9.76. The number of nitrogens with two attached hydrogens (primary N) is 1. The Hall–Kier alpha value is -3.07. The number of hydroxylamine groups is 1. The van der Waals surface area contributed by atoms with Crippen molar-refractivity contribution in [2.24, 2.45) is 10.7 Å². The third-order valence-corrected chi connectivity index (χ3v) is 4.52. The number of amidine groups is 1. The van der Waals surface area contributed by atoms with E-state index in [1.54, 1.807) is 43.5 Å². The van der Waals surface area contributed by atoms with E-state index in [-0.39, 0.29) is 28.2 Å². The van der Waals surface area contributed by atoms with E-state index in [9.17, 15) is 9.59 Å². The van der Waals surface area contributed by atoms with Crippen molar-refractivity contribution < 1.29 is 19.2 Å². The van der Waals surface area contributed by atoms with Gasteiger partial charge in [-0.2, -0.15) is 4.99 Å². The van der Waals surface area contributed by atoms with Crippen LogP contribution >= 0.6 is 23.2 Å². The Balaban J connectivity index is 2.19. The lowest BCUT2D eigenvalue weighted by Gasteiger charge is -2.10. The highest BCUT2D eigenvalue weighted by Crippen LogP contribution is 2.32. The lowest BCUT2D eigenvalue weighted by Crippen LogP contribution is -2.18. The van der Waals surface area contributed by atoms with E-state index < -0.39 is 5.91 Å². The van der Waals surface area contributed by atoms with Gasteiger partial charge in [-0.3, -0.25) is 19.9 Å². The molecule has 164 valence electrons. The van der Waals surface area contributed by atoms with Crippen molar-refractivity contribution in [3.05, 3.63) is 63.6 Å². The van der Waals surface area contributed by atoms with E-state index in [0.29, 0.717) is 28.3 Å². The molecule has 0 saturated carbocycles. The molecular weight excluding hydrogens is 443 g/mol. The zero-order valence-electron chi connectivity index (χ0n) is 17.2. The molecule has 0 spiro atoms. The molecule has 0 aliphatic carbocycles. The van der Waals surface area contributed by atoms with Crippen LogP contribution in [0.15, 0.2) is 47.5 Å². The van der Waals surface area contributed by atoms with Gasteiger partial charge < -0.3 is 15.8 Å². The molecule has 0 radical (unpaired) electrons. The van der Waals surface area contributed by atoms with E-state index in [2.05, 4.69) is 15.8 Å². The first-order chi connectivity index (χ1) is 14.7. The van der Waals surface area contributed by atoms with Crippen molar-refractivity contribution in [1.29, 1.82) is 0 Å². The molecule has 0 heterocycles. The van der Waals surface area contributed by atoms with Crippen molar-refractivity contribution in [1.82, 2.24) is 5.48 Å². The fourth-order valence-corrected chi connectivity index (χ4v) is 3.25. The molecule has 4 N–H and O–H groups in total. The zero-order chi connectivity index (χ0) is 23.0. The van der Waals surface area contributed by atoms with Gasteiger partial charge in [0.15, 0.2) is 0 Å². The van der Waals surface area contributed by atoms with Crippen LogP contribution in [0.5, 0.6) is 5.75 Å². The predicted octanol–water partition coefficient (Wildman–Crippen LogP) is 3.58. The molecule has 2 amide bonds. The second kappa shape index (κ2) is 11.4. The SMILES string of the molecule is CONC(=CC(=O)N=C(N)Cc1cc(Cl)c(NC(C)=O)c(Cl)c1)c1ccc(OC)cc1. The Morgan fingerprint density at radius 2 is 1.74 bits per heavy atom. The van der Waals surface area contributed by atoms with Gasteiger partial charge in [0.2, 0.25) is 5.91 Å². The van der Waals surface area contributed by atoms with Gasteiger partial charge in [-0.25, -0.2) is 0 Å². The number of hydrogen-bond acceptors (Lipinski definition) is 5. The molecule has 0 atom stereocenters. The summed E-state index contributed by atoms with van der Waals surface area (Å²) >= 11 is 12.3. The highest BCUT2D eigenvalue weighted by atomic mass is 35.5. The molecular formula is C21H22Cl2N4O4. The maximum atomic E-state index is 12.4. The Kier molecular flexibility index (Phi) is 8.87. The summed E-state index contributed by atoms with van der Waals surface area (Å²) in [4.78, 5) is 32.4. The molecule has 31 heavy (non-hydrogen) atoms. The molecule has 0 fully saturated rings. The fraction of sp³-hybridized carbons (Fsp3) is 0.190. The summed E-state index contributed by atoms with van der Waals surface area (Å²) in [6.07, 6.45) is 1.40. The number of aliphatic imine (C=N–C) groups is 1. The summed E-state index contributed by atoms with van der Waals surface area (Å²) in [7, 11) is 2.99. The number of nitrogens with zero attached hydrogens (tertiary/aromatic N) is 1. The third-order valence-electron chi connectivity index (χ3n) is 3.92. The van der Waals surface area contributed by atoms with Crippen molar-refractivity contribution in [2.75, 3.05) is 19.5 Å². The quantitative estimate of drug-likeness (QED) is 0.238. The van der Waals surface area contributed by atoms with Crippen molar-refractivity contribution >= 4 is 52.2 Å². The number of benzene rings is 2. The summed E-state index contributed by atoms with van der Waals surface area (Å²) in [5.41, 5.74) is 10.6. The number of anilines is 1. The number of halogens is 2. The Morgan fingerprint density at radius 1 is 1.13 bits per heavy atom. The van der Waals surface area contributed by atoms with Gasteiger partial charge in [0.25, 0.3) is 5.91 Å². The van der Waals surface area contributed by atoms with Gasteiger partial charge in [-0.15, -0.1) is 0 Å². The minimum atomic E-state index is -0.583. The standard InChI is InChI=1S/C21H22Cl2N4O4/c1-12(28)25-21-16(22)8-13(9-17(21)23)10-19(24)26-20(29)11-18(27-31-3)14-4-6-15(30-2)7-5-14/h4-9,11,27H,10H2,1-3H3,(H,25,28)(H2,24,26,29). The van der Waals surface area contributed by atoms with E-state index >= 15 is 0 Å². The van der Waals surface area contributed by atoms with Crippen LogP contribution in [0, 0.1) is 0 Å². The number of carbonyl (C=O) groups excluding carboxylic acids is 2.